The third-order valence-corrected chi connectivity index (χ3v) is 5.56. The summed E-state index contributed by atoms with van der Waals surface area (Å²) in [5, 5.41) is 5.12. The Bertz CT molecular complexity index is 1060. The molecular weight excluding hydrogens is 392 g/mol. The SMILES string of the molecule is Cc1ccc2[nH]c(=O)c(CN(CCN(C)C)C(=S)NC(C)c3ccccc3)cc2c1. The number of nitrogens with one attached hydrogen (secondary N) is 2. The normalized spacial score (nSPS) is 12.2. The van der Waals surface area contributed by atoms with Gasteiger partial charge in [0.15, 0.2) is 5.11 Å². The Morgan fingerprint density at radius 1 is 1.10 bits per heavy atom. The lowest BCUT2D eigenvalue weighted by atomic mass is 10.1. The number of benzene rings is 2. The summed E-state index contributed by atoms with van der Waals surface area (Å²) in [7, 11) is 4.07. The average molecular weight is 423 g/mol. The van der Waals surface area contributed by atoms with Crippen LogP contribution in [0.1, 0.15) is 29.7 Å². The standard InChI is InChI=1S/C24H30N4OS/c1-17-10-11-22-20(14-17)15-21(23(29)26-22)16-28(13-12-27(3)4)24(30)25-18(2)19-8-6-5-7-9-19/h5-11,14-15,18H,12-13,16H2,1-4H3,(H,25,30)(H,26,29). The molecule has 0 bridgehead atoms. The molecule has 0 amide bonds. The van der Waals surface area contributed by atoms with Crippen LogP contribution in [-0.2, 0) is 6.54 Å². The largest absolute Gasteiger partial charge is 0.356 e. The molecule has 0 radical (unpaired) electrons. The molecule has 3 aromatic rings. The second kappa shape index (κ2) is 9.87. The van der Waals surface area contributed by atoms with Crippen LogP contribution < -0.4 is 10.9 Å². The molecule has 1 aromatic heterocycles. The zero-order valence-electron chi connectivity index (χ0n) is 18.1. The number of aryl methyl sites for hydroxylation is 1. The number of aromatic amines is 1. The van der Waals surface area contributed by atoms with E-state index in [0.717, 1.165) is 24.0 Å². The Morgan fingerprint density at radius 2 is 1.83 bits per heavy atom. The minimum atomic E-state index is -0.0693. The van der Waals surface area contributed by atoms with Gasteiger partial charge in [0.1, 0.15) is 0 Å². The maximum atomic E-state index is 12.7. The van der Waals surface area contributed by atoms with Crippen molar-refractivity contribution < 1.29 is 0 Å². The van der Waals surface area contributed by atoms with Gasteiger partial charge < -0.3 is 20.1 Å². The van der Waals surface area contributed by atoms with Gasteiger partial charge in [-0.1, -0.05) is 42.0 Å². The molecule has 30 heavy (non-hydrogen) atoms. The number of H-pyrrole nitrogens is 1. The van der Waals surface area contributed by atoms with E-state index in [9.17, 15) is 4.79 Å². The molecule has 1 atom stereocenters. The Labute approximate surface area is 183 Å². The van der Waals surface area contributed by atoms with Gasteiger partial charge in [-0.05, 0) is 69.3 Å². The van der Waals surface area contributed by atoms with E-state index in [-0.39, 0.29) is 11.6 Å². The predicted octanol–water partition coefficient (Wildman–Crippen LogP) is 3.84. The van der Waals surface area contributed by atoms with Crippen LogP contribution in [0.2, 0.25) is 0 Å². The molecule has 0 saturated carbocycles. The van der Waals surface area contributed by atoms with E-state index in [4.69, 9.17) is 12.2 Å². The lowest BCUT2D eigenvalue weighted by Crippen LogP contribution is -2.44. The molecule has 5 nitrogen and oxygen atoms in total. The second-order valence-electron chi connectivity index (χ2n) is 8.02. The molecule has 0 fully saturated rings. The first-order valence-corrected chi connectivity index (χ1v) is 10.6. The highest BCUT2D eigenvalue weighted by atomic mass is 32.1. The molecule has 0 spiro atoms. The first-order valence-electron chi connectivity index (χ1n) is 10.2. The van der Waals surface area contributed by atoms with Crippen molar-refractivity contribution in [2.45, 2.75) is 26.4 Å². The third kappa shape index (κ3) is 5.68. The van der Waals surface area contributed by atoms with Crippen LogP contribution in [0.5, 0.6) is 0 Å². The minimum absolute atomic E-state index is 0.0693. The Balaban J connectivity index is 1.82. The molecule has 0 saturated heterocycles. The van der Waals surface area contributed by atoms with Gasteiger partial charge in [0.25, 0.3) is 5.56 Å². The maximum Gasteiger partial charge on any atom is 0.253 e. The highest BCUT2D eigenvalue weighted by molar-refractivity contribution is 7.80. The summed E-state index contributed by atoms with van der Waals surface area (Å²) in [5.74, 6) is 0. The number of hydrogen-bond acceptors (Lipinski definition) is 3. The van der Waals surface area contributed by atoms with Crippen LogP contribution in [0, 0.1) is 6.92 Å². The number of nitrogens with zero attached hydrogens (tertiary/aromatic N) is 2. The number of likely N-dealkylation sites (N-methyl/N-ethyl adjacent to an activating group) is 1. The van der Waals surface area contributed by atoms with Crippen molar-refractivity contribution in [3.05, 3.63) is 81.6 Å². The molecule has 3 rings (SSSR count). The number of rotatable bonds is 7. The first kappa shape index (κ1) is 22.0. The van der Waals surface area contributed by atoms with Crippen LogP contribution in [0.15, 0.2) is 59.4 Å². The maximum absolute atomic E-state index is 12.7. The fourth-order valence-electron chi connectivity index (χ4n) is 3.37. The second-order valence-corrected chi connectivity index (χ2v) is 8.41. The van der Waals surface area contributed by atoms with E-state index in [1.807, 2.05) is 50.5 Å². The monoisotopic (exact) mass is 422 g/mol. The summed E-state index contributed by atoms with van der Waals surface area (Å²) < 4.78 is 0. The molecular formula is C24H30N4OS. The number of thiocarbonyl (C=S) groups is 1. The summed E-state index contributed by atoms with van der Waals surface area (Å²) in [6, 6.07) is 18.3. The molecule has 1 unspecified atom stereocenters. The highest BCUT2D eigenvalue weighted by Gasteiger charge is 2.16. The Hall–Kier alpha value is -2.70. The van der Waals surface area contributed by atoms with Gasteiger partial charge in [0.05, 0.1) is 12.6 Å². The minimum Gasteiger partial charge on any atom is -0.356 e. The first-order chi connectivity index (χ1) is 14.3. The smallest absolute Gasteiger partial charge is 0.253 e. The van der Waals surface area contributed by atoms with Crippen molar-refractivity contribution in [3.63, 3.8) is 0 Å². The third-order valence-electron chi connectivity index (χ3n) is 5.18. The van der Waals surface area contributed by atoms with Crippen molar-refractivity contribution in [3.8, 4) is 0 Å². The zero-order valence-corrected chi connectivity index (χ0v) is 18.9. The lowest BCUT2D eigenvalue weighted by Gasteiger charge is -2.29. The van der Waals surface area contributed by atoms with E-state index in [1.165, 1.54) is 11.1 Å². The van der Waals surface area contributed by atoms with Gasteiger partial charge in [-0.3, -0.25) is 4.79 Å². The van der Waals surface area contributed by atoms with Crippen molar-refractivity contribution in [1.29, 1.82) is 0 Å². The van der Waals surface area contributed by atoms with E-state index in [2.05, 4.69) is 52.1 Å². The molecule has 6 heteroatoms. The van der Waals surface area contributed by atoms with Crippen molar-refractivity contribution >= 4 is 28.2 Å². The van der Waals surface area contributed by atoms with Gasteiger partial charge >= 0.3 is 0 Å². The summed E-state index contributed by atoms with van der Waals surface area (Å²) in [4.78, 5) is 19.9. The fourth-order valence-corrected chi connectivity index (χ4v) is 3.70. The topological polar surface area (TPSA) is 51.4 Å². The fraction of sp³-hybridized carbons (Fsp3) is 0.333. The quantitative estimate of drug-likeness (QED) is 0.567. The van der Waals surface area contributed by atoms with E-state index < -0.39 is 0 Å². The van der Waals surface area contributed by atoms with Crippen LogP contribution in [-0.4, -0.2) is 47.1 Å². The average Bonchev–Trinajstić information content (AvgIpc) is 2.72. The number of hydrogen-bond donors (Lipinski definition) is 2. The highest BCUT2D eigenvalue weighted by Crippen LogP contribution is 2.15. The zero-order chi connectivity index (χ0) is 21.7. The van der Waals surface area contributed by atoms with Crippen LogP contribution in [0.25, 0.3) is 10.9 Å². The summed E-state index contributed by atoms with van der Waals surface area (Å²) >= 11 is 5.75. The van der Waals surface area contributed by atoms with Gasteiger partial charge in [0.2, 0.25) is 0 Å². The molecule has 2 aromatic carbocycles. The number of fused-ring (bicyclic) bond motifs is 1. The predicted molar refractivity (Wildman–Crippen MR) is 129 cm³/mol. The number of pyridine rings is 1. The summed E-state index contributed by atoms with van der Waals surface area (Å²) in [5.41, 5.74) is 3.83. The van der Waals surface area contributed by atoms with Crippen molar-refractivity contribution in [2.75, 3.05) is 27.2 Å². The van der Waals surface area contributed by atoms with E-state index in [0.29, 0.717) is 17.2 Å². The number of aromatic nitrogens is 1. The molecule has 0 aliphatic heterocycles. The van der Waals surface area contributed by atoms with Crippen LogP contribution >= 0.6 is 12.2 Å². The van der Waals surface area contributed by atoms with Gasteiger partial charge in [-0.25, -0.2) is 0 Å². The van der Waals surface area contributed by atoms with Gasteiger partial charge in [-0.15, -0.1) is 0 Å². The van der Waals surface area contributed by atoms with E-state index >= 15 is 0 Å². The van der Waals surface area contributed by atoms with Crippen molar-refractivity contribution in [1.82, 2.24) is 20.1 Å². The Kier molecular flexibility index (Phi) is 7.24. The van der Waals surface area contributed by atoms with Crippen molar-refractivity contribution in [2.24, 2.45) is 0 Å². The van der Waals surface area contributed by atoms with Gasteiger partial charge in [-0.2, -0.15) is 0 Å². The van der Waals surface area contributed by atoms with Crippen LogP contribution in [0.3, 0.4) is 0 Å². The molecule has 0 aliphatic rings. The summed E-state index contributed by atoms with van der Waals surface area (Å²) in [6.45, 7) is 6.17. The van der Waals surface area contributed by atoms with E-state index in [1.54, 1.807) is 0 Å². The Morgan fingerprint density at radius 3 is 2.53 bits per heavy atom. The molecule has 1 heterocycles. The molecule has 158 valence electrons. The molecule has 0 aliphatic carbocycles. The molecule has 2 N–H and O–H groups in total. The summed E-state index contributed by atoms with van der Waals surface area (Å²) in [6.07, 6.45) is 0. The van der Waals surface area contributed by atoms with Crippen LogP contribution in [0.4, 0.5) is 0 Å². The van der Waals surface area contributed by atoms with Gasteiger partial charge in [0, 0.05) is 24.2 Å². The lowest BCUT2D eigenvalue weighted by molar-refractivity contribution is 0.320.